The fourth-order valence-electron chi connectivity index (χ4n) is 4.71. The lowest BCUT2D eigenvalue weighted by Gasteiger charge is -2.41. The van der Waals surface area contributed by atoms with Gasteiger partial charge < -0.3 is 14.6 Å². The Bertz CT molecular complexity index is 1290. The van der Waals surface area contributed by atoms with E-state index in [0.29, 0.717) is 24.3 Å². The molecule has 0 unspecified atom stereocenters. The van der Waals surface area contributed by atoms with E-state index in [0.717, 1.165) is 57.9 Å². The number of hydrogen-bond donors (Lipinski definition) is 1. The Kier molecular flexibility index (Phi) is 8.63. The second-order valence-corrected chi connectivity index (χ2v) is 19.0. The number of piperidine rings is 1. The molecule has 7 nitrogen and oxygen atoms in total. The van der Waals surface area contributed by atoms with Gasteiger partial charge in [-0.05, 0) is 80.9 Å². The lowest BCUT2D eigenvalue weighted by molar-refractivity contribution is 0.0903. The van der Waals surface area contributed by atoms with Crippen LogP contribution < -0.4 is 5.32 Å². The maximum Gasteiger partial charge on any atom is 0.223 e. The topological polar surface area (TPSA) is 79.0 Å². The molecule has 198 valence electrons. The summed E-state index contributed by atoms with van der Waals surface area (Å²) >= 11 is 2.32. The summed E-state index contributed by atoms with van der Waals surface area (Å²) in [4.78, 5) is 12.2. The predicted molar refractivity (Wildman–Crippen MR) is 162 cm³/mol. The van der Waals surface area contributed by atoms with Crippen molar-refractivity contribution in [2.24, 2.45) is 0 Å². The smallest absolute Gasteiger partial charge is 0.223 e. The summed E-state index contributed by atoms with van der Waals surface area (Å²) in [7, 11) is -1.16. The predicted octanol–water partition coefficient (Wildman–Crippen LogP) is 6.56. The Morgan fingerprint density at radius 3 is 2.76 bits per heavy atom. The minimum absolute atomic E-state index is 0.152. The number of nitriles is 1. The average Bonchev–Trinajstić information content (AvgIpc) is 3.19. The van der Waals surface area contributed by atoms with Gasteiger partial charge in [0.25, 0.3) is 0 Å². The van der Waals surface area contributed by atoms with Crippen molar-refractivity contribution in [2.45, 2.75) is 77.6 Å². The molecule has 0 amide bonds. The summed E-state index contributed by atoms with van der Waals surface area (Å²) in [5.74, 6) is 0.664. The van der Waals surface area contributed by atoms with Gasteiger partial charge in [0.15, 0.2) is 0 Å². The molecule has 4 rings (SSSR count). The molecular formula is C28H39IN6OSi. The molecule has 0 saturated carbocycles. The molecule has 3 aromatic rings. The molecule has 0 aliphatic carbocycles. The van der Waals surface area contributed by atoms with Crippen molar-refractivity contribution in [3.05, 3.63) is 39.7 Å². The Morgan fingerprint density at radius 2 is 2.05 bits per heavy atom. The molecule has 1 aromatic carbocycles. The molecule has 1 N–H and O–H groups in total. The van der Waals surface area contributed by atoms with Crippen LogP contribution in [0.1, 0.15) is 39.2 Å². The fourth-order valence-corrected chi connectivity index (χ4v) is 6.02. The normalized spacial score (nSPS) is 17.2. The summed E-state index contributed by atoms with van der Waals surface area (Å²) in [6.07, 6.45) is 6.28. The minimum Gasteiger partial charge on any atom is -0.361 e. The van der Waals surface area contributed by atoms with Gasteiger partial charge in [-0.15, -0.1) is 0 Å². The lowest BCUT2D eigenvalue weighted by Crippen LogP contribution is -2.50. The Labute approximate surface area is 235 Å². The largest absolute Gasteiger partial charge is 0.361 e. The third-order valence-electron chi connectivity index (χ3n) is 6.94. The van der Waals surface area contributed by atoms with E-state index in [-0.39, 0.29) is 5.54 Å². The first-order chi connectivity index (χ1) is 17.4. The van der Waals surface area contributed by atoms with Crippen LogP contribution in [-0.4, -0.2) is 58.8 Å². The maximum atomic E-state index is 9.50. The quantitative estimate of drug-likeness (QED) is 0.173. The van der Waals surface area contributed by atoms with Gasteiger partial charge in [-0.25, -0.2) is 9.97 Å². The van der Waals surface area contributed by atoms with Gasteiger partial charge in [-0.1, -0.05) is 25.7 Å². The van der Waals surface area contributed by atoms with Gasteiger partial charge >= 0.3 is 0 Å². The third-order valence-corrected chi connectivity index (χ3v) is 9.43. The molecule has 0 bridgehead atoms. The van der Waals surface area contributed by atoms with Crippen molar-refractivity contribution in [3.63, 3.8) is 0 Å². The highest BCUT2D eigenvalue weighted by Crippen LogP contribution is 2.33. The van der Waals surface area contributed by atoms with E-state index < -0.39 is 8.07 Å². The van der Waals surface area contributed by atoms with E-state index >= 15 is 0 Å². The molecule has 0 spiro atoms. The van der Waals surface area contributed by atoms with Crippen molar-refractivity contribution in [3.8, 4) is 17.3 Å². The Hall–Kier alpha value is -2.00. The Balaban J connectivity index is 1.62. The van der Waals surface area contributed by atoms with E-state index in [4.69, 9.17) is 9.72 Å². The standard InChI is InChI=1S/C28H39IN6OSi/c1-28(2,3)35-11-7-8-21(17-35)32-27-31-16-24(29)26(33-27)23-18-34(19-36-12-13-37(4,5)6)25-14-20(15-30)9-10-22(23)25/h9-10,14,16,18,21H,7-8,11-13,17,19H2,1-6H3,(H,31,32,33)/t21-/m0/s1. The van der Waals surface area contributed by atoms with Crippen LogP contribution in [0.3, 0.4) is 0 Å². The van der Waals surface area contributed by atoms with Crippen molar-refractivity contribution < 1.29 is 4.74 Å². The lowest BCUT2D eigenvalue weighted by atomic mass is 9.98. The van der Waals surface area contributed by atoms with Gasteiger partial charge in [-0.3, -0.25) is 4.90 Å². The summed E-state index contributed by atoms with van der Waals surface area (Å²) in [6.45, 7) is 17.2. The fraction of sp³-hybridized carbons (Fsp3) is 0.536. The molecule has 1 saturated heterocycles. The highest BCUT2D eigenvalue weighted by Gasteiger charge is 2.28. The molecule has 1 atom stereocenters. The zero-order chi connectivity index (χ0) is 26.8. The van der Waals surface area contributed by atoms with Crippen molar-refractivity contribution in [2.75, 3.05) is 25.0 Å². The van der Waals surface area contributed by atoms with E-state index in [1.165, 1.54) is 6.42 Å². The van der Waals surface area contributed by atoms with E-state index in [1.807, 2.05) is 24.4 Å². The van der Waals surface area contributed by atoms with E-state index in [1.54, 1.807) is 0 Å². The molecule has 2 aromatic heterocycles. The van der Waals surface area contributed by atoms with E-state index in [9.17, 15) is 5.26 Å². The zero-order valence-corrected chi connectivity index (χ0v) is 26.1. The van der Waals surface area contributed by atoms with Crippen molar-refractivity contribution >= 4 is 47.5 Å². The van der Waals surface area contributed by atoms with Gasteiger partial charge in [0.05, 0.1) is 26.4 Å². The second kappa shape index (κ2) is 11.4. The van der Waals surface area contributed by atoms with Gasteiger partial charge in [0, 0.05) is 56.1 Å². The number of rotatable bonds is 8. The SMILES string of the molecule is CC(C)(C)N1CCC[C@H](Nc2ncc(I)c(-c3cn(COCC[Si](C)(C)C)c4cc(C#N)ccc34)n2)C1. The summed E-state index contributed by atoms with van der Waals surface area (Å²) in [5.41, 5.74) is 3.71. The second-order valence-electron chi connectivity index (χ2n) is 12.2. The van der Waals surface area contributed by atoms with Crippen LogP contribution in [0.5, 0.6) is 0 Å². The van der Waals surface area contributed by atoms with Gasteiger partial charge in [0.1, 0.15) is 6.73 Å². The van der Waals surface area contributed by atoms with Crippen molar-refractivity contribution in [1.29, 1.82) is 5.26 Å². The number of halogens is 1. The van der Waals surface area contributed by atoms with Crippen molar-refractivity contribution in [1.82, 2.24) is 19.4 Å². The third kappa shape index (κ3) is 7.10. The molecule has 0 radical (unpaired) electrons. The summed E-state index contributed by atoms with van der Waals surface area (Å²) in [5, 5.41) is 14.2. The number of ether oxygens (including phenoxy) is 1. The van der Waals surface area contributed by atoms with E-state index in [2.05, 4.69) is 95.0 Å². The number of aromatic nitrogens is 3. The van der Waals surface area contributed by atoms with Crippen LogP contribution in [0.2, 0.25) is 25.7 Å². The van der Waals surface area contributed by atoms with Gasteiger partial charge in [0.2, 0.25) is 5.95 Å². The van der Waals surface area contributed by atoms with Crippen LogP contribution >= 0.6 is 22.6 Å². The molecule has 1 fully saturated rings. The Morgan fingerprint density at radius 1 is 1.27 bits per heavy atom. The number of nitrogens with zero attached hydrogens (tertiary/aromatic N) is 5. The number of benzene rings is 1. The molecule has 9 heteroatoms. The van der Waals surface area contributed by atoms with Crippen LogP contribution in [0.4, 0.5) is 5.95 Å². The highest BCUT2D eigenvalue weighted by molar-refractivity contribution is 14.1. The summed E-state index contributed by atoms with van der Waals surface area (Å²) in [6, 6.07) is 9.55. The number of likely N-dealkylation sites (tertiary alicyclic amines) is 1. The molecule has 37 heavy (non-hydrogen) atoms. The molecule has 1 aliphatic rings. The first-order valence-corrected chi connectivity index (χ1v) is 17.9. The monoisotopic (exact) mass is 630 g/mol. The number of nitrogens with one attached hydrogen (secondary N) is 1. The van der Waals surface area contributed by atoms with Crippen LogP contribution in [0.25, 0.3) is 22.2 Å². The van der Waals surface area contributed by atoms with Gasteiger partial charge in [-0.2, -0.15) is 5.26 Å². The number of hydrogen-bond acceptors (Lipinski definition) is 6. The highest BCUT2D eigenvalue weighted by atomic mass is 127. The molecule has 3 heterocycles. The molecular weight excluding hydrogens is 591 g/mol. The maximum absolute atomic E-state index is 9.50. The van der Waals surface area contributed by atoms with Crippen LogP contribution in [0, 0.1) is 14.9 Å². The minimum atomic E-state index is -1.16. The summed E-state index contributed by atoms with van der Waals surface area (Å²) < 4.78 is 9.17. The zero-order valence-electron chi connectivity index (χ0n) is 22.9. The van der Waals surface area contributed by atoms with Crippen LogP contribution in [0.15, 0.2) is 30.6 Å². The average molecular weight is 631 g/mol. The number of anilines is 1. The molecule has 1 aliphatic heterocycles. The van der Waals surface area contributed by atoms with Crippen LogP contribution in [-0.2, 0) is 11.5 Å². The first kappa shape index (κ1) is 28.0. The first-order valence-electron chi connectivity index (χ1n) is 13.1. The number of fused-ring (bicyclic) bond motifs is 1.